The predicted molar refractivity (Wildman–Crippen MR) is 74.0 cm³/mol. The lowest BCUT2D eigenvalue weighted by molar-refractivity contribution is 0.339. The van der Waals surface area contributed by atoms with E-state index in [9.17, 15) is 0 Å². The van der Waals surface area contributed by atoms with Crippen molar-refractivity contribution in [3.8, 4) is 0 Å². The van der Waals surface area contributed by atoms with Gasteiger partial charge in [0.2, 0.25) is 0 Å². The molecule has 0 spiro atoms. The highest BCUT2D eigenvalue weighted by Crippen LogP contribution is 2.24. The van der Waals surface area contributed by atoms with Crippen molar-refractivity contribution in [3.63, 3.8) is 0 Å². The number of hydrogen-bond donors (Lipinski definition) is 3. The van der Waals surface area contributed by atoms with E-state index in [1.54, 1.807) is 0 Å². The highest BCUT2D eigenvalue weighted by molar-refractivity contribution is 5.57. The zero-order valence-electron chi connectivity index (χ0n) is 10.6. The van der Waals surface area contributed by atoms with Gasteiger partial charge in [0, 0.05) is 24.0 Å². The number of anilines is 2. The molecule has 0 aliphatic heterocycles. The summed E-state index contributed by atoms with van der Waals surface area (Å²) in [4.78, 5) is 0. The van der Waals surface area contributed by atoms with Crippen LogP contribution in [-0.4, -0.2) is 12.6 Å². The Kier molecular flexibility index (Phi) is 3.89. The minimum Gasteiger partial charge on any atom is -0.399 e. The molecular formula is C14H23N3. The molecule has 5 N–H and O–H groups in total. The molecule has 2 rings (SSSR count). The lowest BCUT2D eigenvalue weighted by atomic mass is 9.86. The van der Waals surface area contributed by atoms with Crippen molar-refractivity contribution < 1.29 is 0 Å². The Bertz CT molecular complexity index is 368. The molecule has 0 heterocycles. The minimum atomic E-state index is 0.435. The molecule has 0 aromatic heterocycles. The van der Waals surface area contributed by atoms with Crippen LogP contribution in [0.15, 0.2) is 18.2 Å². The van der Waals surface area contributed by atoms with Crippen LogP contribution in [-0.2, 0) is 0 Å². The maximum Gasteiger partial charge on any atom is 0.0371 e. The molecule has 0 bridgehead atoms. The third kappa shape index (κ3) is 3.37. The molecule has 0 saturated heterocycles. The SMILES string of the molecule is Cc1cc(N)ccc1NCC1CCC(N)CC1. The van der Waals surface area contributed by atoms with Crippen LogP contribution in [0.2, 0.25) is 0 Å². The number of rotatable bonds is 3. The van der Waals surface area contributed by atoms with Gasteiger partial charge in [-0.25, -0.2) is 0 Å². The number of nitrogens with one attached hydrogen (secondary N) is 1. The van der Waals surface area contributed by atoms with Gasteiger partial charge in [-0.15, -0.1) is 0 Å². The van der Waals surface area contributed by atoms with Crippen molar-refractivity contribution in [1.29, 1.82) is 0 Å². The number of hydrogen-bond acceptors (Lipinski definition) is 3. The van der Waals surface area contributed by atoms with Crippen LogP contribution in [0.1, 0.15) is 31.2 Å². The van der Waals surface area contributed by atoms with Crippen molar-refractivity contribution in [1.82, 2.24) is 0 Å². The maximum absolute atomic E-state index is 5.91. The lowest BCUT2D eigenvalue weighted by Crippen LogP contribution is -2.29. The first-order valence-corrected chi connectivity index (χ1v) is 6.50. The van der Waals surface area contributed by atoms with Crippen molar-refractivity contribution in [3.05, 3.63) is 23.8 Å². The Labute approximate surface area is 104 Å². The van der Waals surface area contributed by atoms with Crippen molar-refractivity contribution in [2.24, 2.45) is 11.7 Å². The quantitative estimate of drug-likeness (QED) is 0.703. The summed E-state index contributed by atoms with van der Waals surface area (Å²) in [5.74, 6) is 0.770. The van der Waals surface area contributed by atoms with Crippen LogP contribution in [0.4, 0.5) is 11.4 Å². The molecule has 1 aromatic rings. The van der Waals surface area contributed by atoms with E-state index >= 15 is 0 Å². The van der Waals surface area contributed by atoms with E-state index in [-0.39, 0.29) is 0 Å². The van der Waals surface area contributed by atoms with Gasteiger partial charge in [0.1, 0.15) is 0 Å². The molecule has 3 nitrogen and oxygen atoms in total. The molecule has 0 amide bonds. The first kappa shape index (κ1) is 12.2. The molecule has 0 atom stereocenters. The Morgan fingerprint density at radius 1 is 1.24 bits per heavy atom. The zero-order chi connectivity index (χ0) is 12.3. The van der Waals surface area contributed by atoms with Crippen LogP contribution in [0.3, 0.4) is 0 Å². The highest BCUT2D eigenvalue weighted by Gasteiger charge is 2.18. The molecule has 0 unspecified atom stereocenters. The second-order valence-corrected chi connectivity index (χ2v) is 5.24. The van der Waals surface area contributed by atoms with Crippen LogP contribution >= 0.6 is 0 Å². The maximum atomic E-state index is 5.91. The molecule has 1 fully saturated rings. The molecule has 1 saturated carbocycles. The van der Waals surface area contributed by atoms with Gasteiger partial charge in [0.05, 0.1) is 0 Å². The lowest BCUT2D eigenvalue weighted by Gasteiger charge is -2.26. The molecule has 1 aromatic carbocycles. The second-order valence-electron chi connectivity index (χ2n) is 5.24. The van der Waals surface area contributed by atoms with Gasteiger partial charge in [-0.05, 0) is 62.3 Å². The first-order valence-electron chi connectivity index (χ1n) is 6.50. The molecule has 94 valence electrons. The van der Waals surface area contributed by atoms with Crippen LogP contribution < -0.4 is 16.8 Å². The third-order valence-corrected chi connectivity index (χ3v) is 3.72. The number of aryl methyl sites for hydroxylation is 1. The summed E-state index contributed by atoms with van der Waals surface area (Å²) >= 11 is 0. The number of nitrogen functional groups attached to an aromatic ring is 1. The Hall–Kier alpha value is -1.22. The molecule has 3 heteroatoms. The summed E-state index contributed by atoms with van der Waals surface area (Å²) in [6.45, 7) is 3.15. The van der Waals surface area contributed by atoms with Gasteiger partial charge >= 0.3 is 0 Å². The first-order chi connectivity index (χ1) is 8.15. The standard InChI is InChI=1S/C14H23N3/c1-10-8-13(16)6-7-14(10)17-9-11-2-4-12(15)5-3-11/h6-8,11-12,17H,2-5,9,15-16H2,1H3. The Balaban J connectivity index is 1.85. The zero-order valence-corrected chi connectivity index (χ0v) is 10.6. The normalized spacial score (nSPS) is 24.6. The summed E-state index contributed by atoms with van der Waals surface area (Å²) in [7, 11) is 0. The van der Waals surface area contributed by atoms with Gasteiger partial charge in [0.25, 0.3) is 0 Å². The van der Waals surface area contributed by atoms with Crippen LogP contribution in [0, 0.1) is 12.8 Å². The van der Waals surface area contributed by atoms with E-state index in [0.717, 1.165) is 18.2 Å². The fourth-order valence-electron chi connectivity index (χ4n) is 2.53. The van der Waals surface area contributed by atoms with Gasteiger partial charge in [-0.1, -0.05) is 0 Å². The van der Waals surface area contributed by atoms with Crippen LogP contribution in [0.25, 0.3) is 0 Å². The summed E-state index contributed by atoms with van der Waals surface area (Å²) in [5.41, 5.74) is 14.9. The molecule has 17 heavy (non-hydrogen) atoms. The molecule has 1 aliphatic rings. The van der Waals surface area contributed by atoms with Gasteiger partial charge in [-0.3, -0.25) is 0 Å². The van der Waals surface area contributed by atoms with Gasteiger partial charge in [-0.2, -0.15) is 0 Å². The fourth-order valence-corrected chi connectivity index (χ4v) is 2.53. The highest BCUT2D eigenvalue weighted by atomic mass is 14.9. The molecular weight excluding hydrogens is 210 g/mol. The number of benzene rings is 1. The molecule has 1 aliphatic carbocycles. The van der Waals surface area contributed by atoms with Crippen molar-refractivity contribution in [2.45, 2.75) is 38.6 Å². The Morgan fingerprint density at radius 3 is 2.59 bits per heavy atom. The van der Waals surface area contributed by atoms with Gasteiger partial charge in [0.15, 0.2) is 0 Å². The van der Waals surface area contributed by atoms with E-state index in [4.69, 9.17) is 11.5 Å². The van der Waals surface area contributed by atoms with E-state index in [0.29, 0.717) is 6.04 Å². The minimum absolute atomic E-state index is 0.435. The van der Waals surface area contributed by atoms with E-state index in [1.807, 2.05) is 12.1 Å². The fraction of sp³-hybridized carbons (Fsp3) is 0.571. The van der Waals surface area contributed by atoms with Gasteiger partial charge < -0.3 is 16.8 Å². The monoisotopic (exact) mass is 233 g/mol. The summed E-state index contributed by atoms with van der Waals surface area (Å²) in [6.07, 6.45) is 4.85. The predicted octanol–water partition coefficient (Wildman–Crippen LogP) is 2.51. The van der Waals surface area contributed by atoms with E-state index < -0.39 is 0 Å². The second kappa shape index (κ2) is 5.41. The van der Waals surface area contributed by atoms with Crippen molar-refractivity contribution in [2.75, 3.05) is 17.6 Å². The third-order valence-electron chi connectivity index (χ3n) is 3.72. The summed E-state index contributed by atoms with van der Waals surface area (Å²) in [5, 5.41) is 3.53. The van der Waals surface area contributed by atoms with Crippen molar-refractivity contribution >= 4 is 11.4 Å². The van der Waals surface area contributed by atoms with Crippen LogP contribution in [0.5, 0.6) is 0 Å². The average Bonchev–Trinajstić information content (AvgIpc) is 2.30. The Morgan fingerprint density at radius 2 is 1.94 bits per heavy atom. The largest absolute Gasteiger partial charge is 0.399 e. The number of nitrogens with two attached hydrogens (primary N) is 2. The summed E-state index contributed by atoms with van der Waals surface area (Å²) in [6, 6.07) is 6.47. The topological polar surface area (TPSA) is 64.1 Å². The van der Waals surface area contributed by atoms with E-state index in [1.165, 1.54) is 36.9 Å². The van der Waals surface area contributed by atoms with E-state index in [2.05, 4.69) is 18.3 Å². The molecule has 0 radical (unpaired) electrons. The summed E-state index contributed by atoms with van der Waals surface area (Å²) < 4.78 is 0. The smallest absolute Gasteiger partial charge is 0.0371 e. The average molecular weight is 233 g/mol.